The number of carbonyl (C=O) groups is 1. The molecule has 0 radical (unpaired) electrons. The second-order valence-electron chi connectivity index (χ2n) is 6.22. The van der Waals surface area contributed by atoms with Crippen LogP contribution in [0.3, 0.4) is 0 Å². The summed E-state index contributed by atoms with van der Waals surface area (Å²) in [6.07, 6.45) is 6.11. The third-order valence-corrected chi connectivity index (χ3v) is 4.38. The lowest BCUT2D eigenvalue weighted by molar-refractivity contribution is -0.123. The van der Waals surface area contributed by atoms with E-state index < -0.39 is 0 Å². The van der Waals surface area contributed by atoms with Crippen LogP contribution in [0.1, 0.15) is 12.1 Å². The van der Waals surface area contributed by atoms with Gasteiger partial charge >= 0.3 is 0 Å². The summed E-state index contributed by atoms with van der Waals surface area (Å²) in [7, 11) is 0. The fourth-order valence-electron chi connectivity index (χ4n) is 3.10. The Morgan fingerprint density at radius 1 is 1.27 bits per heavy atom. The molecule has 1 aliphatic heterocycles. The maximum atomic E-state index is 12.5. The molecule has 0 unspecified atom stereocenters. The molecule has 26 heavy (non-hydrogen) atoms. The molecule has 0 saturated carbocycles. The normalized spacial score (nSPS) is 20.0. The van der Waals surface area contributed by atoms with Crippen molar-refractivity contribution in [2.75, 3.05) is 13.2 Å². The standard InChI is InChI=1S/C19H20N4O3/c24-18(11-14-12-21-17-5-2-4-9-23(14)17)22-15-13-25-10-7-16(15)26-19-6-1-3-8-20-19/h1-6,8-9,12,15-16H,7,10-11,13H2,(H,22,24)/t15-,16-/m1/s1. The van der Waals surface area contributed by atoms with Crippen LogP contribution >= 0.6 is 0 Å². The van der Waals surface area contributed by atoms with Gasteiger partial charge in [-0.1, -0.05) is 12.1 Å². The number of amides is 1. The molecule has 1 aliphatic rings. The van der Waals surface area contributed by atoms with Gasteiger partial charge in [0.15, 0.2) is 0 Å². The molecule has 3 aromatic rings. The van der Waals surface area contributed by atoms with E-state index in [1.165, 1.54) is 0 Å². The number of fused-ring (bicyclic) bond motifs is 1. The number of pyridine rings is 2. The molecule has 1 N–H and O–H groups in total. The molecular formula is C19H20N4O3. The van der Waals surface area contributed by atoms with Gasteiger partial charge < -0.3 is 19.2 Å². The molecule has 0 aromatic carbocycles. The number of rotatable bonds is 5. The minimum Gasteiger partial charge on any atom is -0.472 e. The predicted molar refractivity (Wildman–Crippen MR) is 94.9 cm³/mol. The van der Waals surface area contributed by atoms with Gasteiger partial charge in [-0.3, -0.25) is 4.79 Å². The molecule has 7 nitrogen and oxygen atoms in total. The molecule has 0 bridgehead atoms. The van der Waals surface area contributed by atoms with Crippen LogP contribution in [0.15, 0.2) is 55.0 Å². The maximum absolute atomic E-state index is 12.5. The van der Waals surface area contributed by atoms with Crippen molar-refractivity contribution < 1.29 is 14.3 Å². The number of nitrogens with zero attached hydrogens (tertiary/aromatic N) is 3. The molecule has 2 atom stereocenters. The first-order chi connectivity index (χ1) is 12.8. The Morgan fingerprint density at radius 2 is 2.19 bits per heavy atom. The van der Waals surface area contributed by atoms with E-state index in [4.69, 9.17) is 9.47 Å². The van der Waals surface area contributed by atoms with E-state index in [0.29, 0.717) is 25.5 Å². The van der Waals surface area contributed by atoms with Gasteiger partial charge in [0.25, 0.3) is 0 Å². The highest BCUT2D eigenvalue weighted by molar-refractivity contribution is 5.78. The first-order valence-corrected chi connectivity index (χ1v) is 8.65. The first kappa shape index (κ1) is 16.5. The molecule has 7 heteroatoms. The zero-order chi connectivity index (χ0) is 17.8. The number of carbonyl (C=O) groups excluding carboxylic acids is 1. The number of nitrogens with one attached hydrogen (secondary N) is 1. The number of ether oxygens (including phenoxy) is 2. The van der Waals surface area contributed by atoms with Crippen LogP contribution < -0.4 is 10.1 Å². The summed E-state index contributed by atoms with van der Waals surface area (Å²) >= 11 is 0. The predicted octanol–water partition coefficient (Wildman–Crippen LogP) is 1.62. The lowest BCUT2D eigenvalue weighted by Gasteiger charge is -2.32. The van der Waals surface area contributed by atoms with Crippen molar-refractivity contribution in [3.05, 3.63) is 60.7 Å². The van der Waals surface area contributed by atoms with Crippen molar-refractivity contribution in [2.24, 2.45) is 0 Å². The van der Waals surface area contributed by atoms with Gasteiger partial charge in [0.05, 0.1) is 31.4 Å². The average Bonchev–Trinajstić information content (AvgIpc) is 3.07. The zero-order valence-electron chi connectivity index (χ0n) is 14.2. The highest BCUT2D eigenvalue weighted by Crippen LogP contribution is 2.16. The summed E-state index contributed by atoms with van der Waals surface area (Å²) < 4.78 is 13.4. The van der Waals surface area contributed by atoms with Crippen LogP contribution in [0.25, 0.3) is 5.65 Å². The van der Waals surface area contributed by atoms with Crippen LogP contribution in [0.2, 0.25) is 0 Å². The van der Waals surface area contributed by atoms with Crippen LogP contribution in [-0.2, 0) is 16.0 Å². The quantitative estimate of drug-likeness (QED) is 0.755. The number of imidazole rings is 1. The Hall–Kier alpha value is -2.93. The van der Waals surface area contributed by atoms with Crippen molar-refractivity contribution in [3.63, 3.8) is 0 Å². The van der Waals surface area contributed by atoms with E-state index in [9.17, 15) is 4.79 Å². The topological polar surface area (TPSA) is 77.8 Å². The Labute approximate surface area is 151 Å². The molecular weight excluding hydrogens is 332 g/mol. The fourth-order valence-corrected chi connectivity index (χ4v) is 3.10. The highest BCUT2D eigenvalue weighted by Gasteiger charge is 2.29. The largest absolute Gasteiger partial charge is 0.472 e. The molecule has 134 valence electrons. The van der Waals surface area contributed by atoms with E-state index in [1.54, 1.807) is 12.4 Å². The summed E-state index contributed by atoms with van der Waals surface area (Å²) in [5, 5.41) is 3.03. The fraction of sp³-hybridized carbons (Fsp3) is 0.316. The number of hydrogen-bond donors (Lipinski definition) is 1. The van der Waals surface area contributed by atoms with Crippen molar-refractivity contribution >= 4 is 11.6 Å². The van der Waals surface area contributed by atoms with Gasteiger partial charge in [-0.15, -0.1) is 0 Å². The average molecular weight is 352 g/mol. The van der Waals surface area contributed by atoms with Crippen LogP contribution in [0, 0.1) is 0 Å². The SMILES string of the molecule is O=C(Cc1cnc2ccccn12)N[C@@H]1COCC[C@H]1Oc1ccccn1. The Bertz CT molecular complexity index is 881. The van der Waals surface area contributed by atoms with E-state index in [0.717, 1.165) is 11.3 Å². The Balaban J connectivity index is 1.41. The third-order valence-electron chi connectivity index (χ3n) is 4.38. The molecule has 0 spiro atoms. The second-order valence-corrected chi connectivity index (χ2v) is 6.22. The maximum Gasteiger partial charge on any atom is 0.226 e. The Kier molecular flexibility index (Phi) is 4.79. The summed E-state index contributed by atoms with van der Waals surface area (Å²) in [6.45, 7) is 1.04. The number of aromatic nitrogens is 3. The smallest absolute Gasteiger partial charge is 0.226 e. The van der Waals surface area contributed by atoms with Crippen LogP contribution in [0.5, 0.6) is 5.88 Å². The minimum atomic E-state index is -0.211. The monoisotopic (exact) mass is 352 g/mol. The van der Waals surface area contributed by atoms with E-state index in [2.05, 4.69) is 15.3 Å². The third kappa shape index (κ3) is 3.67. The lowest BCUT2D eigenvalue weighted by atomic mass is 10.1. The molecule has 1 fully saturated rings. The zero-order valence-corrected chi connectivity index (χ0v) is 14.2. The summed E-state index contributed by atoms with van der Waals surface area (Å²) in [4.78, 5) is 21.1. The van der Waals surface area contributed by atoms with Gasteiger partial charge in [-0.25, -0.2) is 9.97 Å². The van der Waals surface area contributed by atoms with Gasteiger partial charge in [-0.05, 0) is 18.2 Å². The minimum absolute atomic E-state index is 0.0826. The van der Waals surface area contributed by atoms with Crippen molar-refractivity contribution in [1.29, 1.82) is 0 Å². The van der Waals surface area contributed by atoms with Gasteiger partial charge in [-0.2, -0.15) is 0 Å². The first-order valence-electron chi connectivity index (χ1n) is 8.65. The Morgan fingerprint density at radius 3 is 3.08 bits per heavy atom. The summed E-state index contributed by atoms with van der Waals surface area (Å²) in [5.74, 6) is 0.473. The van der Waals surface area contributed by atoms with Gasteiger partial charge in [0.2, 0.25) is 11.8 Å². The van der Waals surface area contributed by atoms with Crippen molar-refractivity contribution in [1.82, 2.24) is 19.7 Å². The van der Waals surface area contributed by atoms with E-state index in [1.807, 2.05) is 47.0 Å². The lowest BCUT2D eigenvalue weighted by Crippen LogP contribution is -2.52. The second kappa shape index (κ2) is 7.53. The summed E-state index contributed by atoms with van der Waals surface area (Å²) in [5.41, 5.74) is 1.67. The number of hydrogen-bond acceptors (Lipinski definition) is 5. The highest BCUT2D eigenvalue weighted by atomic mass is 16.5. The van der Waals surface area contributed by atoms with Gasteiger partial charge in [0.1, 0.15) is 11.8 Å². The molecule has 1 saturated heterocycles. The van der Waals surface area contributed by atoms with Crippen LogP contribution in [-0.4, -0.2) is 45.6 Å². The molecule has 4 rings (SSSR count). The van der Waals surface area contributed by atoms with Crippen LogP contribution in [0.4, 0.5) is 0 Å². The molecule has 4 heterocycles. The van der Waals surface area contributed by atoms with Crippen molar-refractivity contribution in [3.8, 4) is 5.88 Å². The van der Waals surface area contributed by atoms with E-state index >= 15 is 0 Å². The van der Waals surface area contributed by atoms with E-state index in [-0.39, 0.29) is 24.5 Å². The van der Waals surface area contributed by atoms with Gasteiger partial charge in [0, 0.05) is 31.1 Å². The van der Waals surface area contributed by atoms with Crippen molar-refractivity contribution in [2.45, 2.75) is 25.0 Å². The molecule has 0 aliphatic carbocycles. The molecule has 1 amide bonds. The molecule has 3 aromatic heterocycles. The summed E-state index contributed by atoms with van der Waals surface area (Å²) in [6, 6.07) is 11.1.